The quantitative estimate of drug-likeness (QED) is 0.709. The number of aliphatic hydroxyl groups is 1. The van der Waals surface area contributed by atoms with Gasteiger partial charge in [0.15, 0.2) is 0 Å². The summed E-state index contributed by atoms with van der Waals surface area (Å²) >= 11 is 0. The first-order valence-corrected chi connectivity index (χ1v) is 11.1. The van der Waals surface area contributed by atoms with Gasteiger partial charge in [-0.1, -0.05) is 24.3 Å². The number of ether oxygens (including phenoxy) is 1. The monoisotopic (exact) mass is 439 g/mol. The lowest BCUT2D eigenvalue weighted by Crippen LogP contribution is -2.40. The number of rotatable bonds is 6. The summed E-state index contributed by atoms with van der Waals surface area (Å²) < 4.78 is 5.75. The van der Waals surface area contributed by atoms with Crippen LogP contribution >= 0.6 is 0 Å². The first-order chi connectivity index (χ1) is 15.2. The van der Waals surface area contributed by atoms with E-state index in [1.807, 2.05) is 45.0 Å². The SMILES string of the molecule is CC(=O)NCc1ccc(CN(C(=O)OC(C)(C)C)C2CCCc3cccnc32)c(CO)c1. The number of carbonyl (C=O) groups excluding carboxylic acids is 2. The van der Waals surface area contributed by atoms with Crippen molar-refractivity contribution in [3.63, 3.8) is 0 Å². The largest absolute Gasteiger partial charge is 0.444 e. The van der Waals surface area contributed by atoms with Crippen molar-refractivity contribution in [2.75, 3.05) is 0 Å². The van der Waals surface area contributed by atoms with E-state index in [0.29, 0.717) is 13.1 Å². The summed E-state index contributed by atoms with van der Waals surface area (Å²) in [5.74, 6) is -0.112. The molecule has 0 saturated carbocycles. The van der Waals surface area contributed by atoms with E-state index in [-0.39, 0.29) is 18.6 Å². The fraction of sp³-hybridized carbons (Fsp3) is 0.480. The molecule has 3 rings (SSSR count). The van der Waals surface area contributed by atoms with Crippen LogP contribution in [0, 0.1) is 0 Å². The van der Waals surface area contributed by atoms with Crippen LogP contribution in [0.15, 0.2) is 36.5 Å². The Morgan fingerprint density at radius 2 is 2.03 bits per heavy atom. The molecule has 0 radical (unpaired) electrons. The van der Waals surface area contributed by atoms with Crippen LogP contribution in [-0.2, 0) is 35.6 Å². The molecule has 1 heterocycles. The minimum Gasteiger partial charge on any atom is -0.444 e. The number of nitrogens with one attached hydrogen (secondary N) is 1. The highest BCUT2D eigenvalue weighted by Crippen LogP contribution is 2.35. The maximum atomic E-state index is 13.3. The van der Waals surface area contributed by atoms with Crippen LogP contribution in [0.5, 0.6) is 0 Å². The Morgan fingerprint density at radius 1 is 1.25 bits per heavy atom. The number of aliphatic hydroxyl groups excluding tert-OH is 1. The van der Waals surface area contributed by atoms with Gasteiger partial charge in [0.25, 0.3) is 0 Å². The Morgan fingerprint density at radius 3 is 2.72 bits per heavy atom. The molecule has 2 amide bonds. The van der Waals surface area contributed by atoms with Crippen molar-refractivity contribution in [3.8, 4) is 0 Å². The molecular weight excluding hydrogens is 406 g/mol. The van der Waals surface area contributed by atoms with Gasteiger partial charge in [-0.05, 0) is 68.4 Å². The van der Waals surface area contributed by atoms with E-state index in [0.717, 1.165) is 47.2 Å². The number of benzene rings is 1. The van der Waals surface area contributed by atoms with E-state index < -0.39 is 11.7 Å². The van der Waals surface area contributed by atoms with Gasteiger partial charge in [-0.25, -0.2) is 4.79 Å². The van der Waals surface area contributed by atoms with Gasteiger partial charge in [0.2, 0.25) is 5.91 Å². The Hall–Kier alpha value is -2.93. The second kappa shape index (κ2) is 10.1. The second-order valence-electron chi connectivity index (χ2n) is 9.23. The molecule has 0 saturated heterocycles. The average Bonchev–Trinajstić information content (AvgIpc) is 2.74. The van der Waals surface area contributed by atoms with Crippen molar-refractivity contribution in [1.82, 2.24) is 15.2 Å². The number of pyridine rings is 1. The molecule has 1 aromatic heterocycles. The van der Waals surface area contributed by atoms with Gasteiger partial charge < -0.3 is 15.2 Å². The van der Waals surface area contributed by atoms with Crippen LogP contribution in [0.25, 0.3) is 0 Å². The van der Waals surface area contributed by atoms with E-state index in [4.69, 9.17) is 4.74 Å². The molecule has 1 aliphatic carbocycles. The number of amides is 2. The molecule has 0 bridgehead atoms. The van der Waals surface area contributed by atoms with Crippen LogP contribution in [0.3, 0.4) is 0 Å². The van der Waals surface area contributed by atoms with E-state index in [2.05, 4.69) is 16.4 Å². The van der Waals surface area contributed by atoms with Crippen LogP contribution in [-0.4, -0.2) is 32.6 Å². The Labute approximate surface area is 189 Å². The third-order valence-electron chi connectivity index (χ3n) is 5.49. The zero-order valence-corrected chi connectivity index (χ0v) is 19.4. The fourth-order valence-corrected chi connectivity index (χ4v) is 4.01. The topological polar surface area (TPSA) is 91.8 Å². The summed E-state index contributed by atoms with van der Waals surface area (Å²) in [4.78, 5) is 30.8. The normalized spacial score (nSPS) is 15.6. The Balaban J connectivity index is 1.93. The van der Waals surface area contributed by atoms with Crippen molar-refractivity contribution in [2.45, 2.75) is 78.3 Å². The molecule has 172 valence electrons. The number of fused-ring (bicyclic) bond motifs is 1. The molecule has 7 heteroatoms. The van der Waals surface area contributed by atoms with E-state index in [9.17, 15) is 14.7 Å². The molecule has 0 spiro atoms. The highest BCUT2D eigenvalue weighted by Gasteiger charge is 2.33. The summed E-state index contributed by atoms with van der Waals surface area (Å²) in [5, 5.41) is 12.8. The molecule has 1 aromatic carbocycles. The number of carbonyl (C=O) groups is 2. The lowest BCUT2D eigenvalue weighted by molar-refractivity contribution is -0.119. The predicted molar refractivity (Wildman–Crippen MR) is 122 cm³/mol. The maximum absolute atomic E-state index is 13.3. The number of aryl methyl sites for hydroxylation is 1. The molecule has 2 N–H and O–H groups in total. The predicted octanol–water partition coefficient (Wildman–Crippen LogP) is 4.02. The lowest BCUT2D eigenvalue weighted by Gasteiger charge is -2.36. The zero-order chi connectivity index (χ0) is 23.3. The number of aromatic nitrogens is 1. The molecular formula is C25H33N3O4. The third-order valence-corrected chi connectivity index (χ3v) is 5.49. The summed E-state index contributed by atoms with van der Waals surface area (Å²) in [6, 6.07) is 9.48. The van der Waals surface area contributed by atoms with Crippen molar-refractivity contribution >= 4 is 12.0 Å². The Bertz CT molecular complexity index is 968. The van der Waals surface area contributed by atoms with Crippen LogP contribution in [0.4, 0.5) is 4.79 Å². The summed E-state index contributed by atoms with van der Waals surface area (Å²) in [7, 11) is 0. The van der Waals surface area contributed by atoms with Gasteiger partial charge in [0, 0.05) is 19.7 Å². The standard InChI is InChI=1S/C25H33N3O4/c1-17(30)27-14-18-10-11-20(21(13-18)16-29)15-28(24(31)32-25(2,3)4)22-9-5-7-19-8-6-12-26-23(19)22/h6,8,10-13,22,29H,5,7,9,14-16H2,1-4H3,(H,27,30). The molecule has 1 atom stereocenters. The van der Waals surface area contributed by atoms with Crippen molar-refractivity contribution in [1.29, 1.82) is 0 Å². The van der Waals surface area contributed by atoms with Crippen LogP contribution in [0.2, 0.25) is 0 Å². The molecule has 7 nitrogen and oxygen atoms in total. The third kappa shape index (κ3) is 6.07. The smallest absolute Gasteiger partial charge is 0.411 e. The molecule has 1 aliphatic rings. The molecule has 2 aromatic rings. The fourth-order valence-electron chi connectivity index (χ4n) is 4.01. The number of hydrogen-bond acceptors (Lipinski definition) is 5. The number of nitrogens with zero attached hydrogens (tertiary/aromatic N) is 2. The van der Waals surface area contributed by atoms with Crippen molar-refractivity contribution in [3.05, 3.63) is 64.5 Å². The first-order valence-electron chi connectivity index (χ1n) is 11.1. The summed E-state index contributed by atoms with van der Waals surface area (Å²) in [6.07, 6.45) is 4.08. The van der Waals surface area contributed by atoms with Gasteiger partial charge >= 0.3 is 6.09 Å². The Kier molecular flexibility index (Phi) is 7.51. The van der Waals surface area contributed by atoms with Crippen LogP contribution < -0.4 is 5.32 Å². The highest BCUT2D eigenvalue weighted by molar-refractivity contribution is 5.72. The average molecular weight is 440 g/mol. The van der Waals surface area contributed by atoms with E-state index >= 15 is 0 Å². The van der Waals surface area contributed by atoms with Gasteiger partial charge in [0.05, 0.1) is 24.9 Å². The van der Waals surface area contributed by atoms with Crippen LogP contribution in [0.1, 0.15) is 74.5 Å². The minimum atomic E-state index is -0.626. The molecule has 0 aliphatic heterocycles. The highest BCUT2D eigenvalue weighted by atomic mass is 16.6. The molecule has 0 fully saturated rings. The molecule has 1 unspecified atom stereocenters. The number of hydrogen-bond donors (Lipinski definition) is 2. The van der Waals surface area contributed by atoms with E-state index in [1.165, 1.54) is 6.92 Å². The van der Waals surface area contributed by atoms with Gasteiger partial charge in [-0.3, -0.25) is 14.7 Å². The van der Waals surface area contributed by atoms with Gasteiger partial charge in [-0.2, -0.15) is 0 Å². The van der Waals surface area contributed by atoms with Gasteiger partial charge in [0.1, 0.15) is 5.60 Å². The van der Waals surface area contributed by atoms with Gasteiger partial charge in [-0.15, -0.1) is 0 Å². The first kappa shape index (κ1) is 23.7. The van der Waals surface area contributed by atoms with Crippen molar-refractivity contribution < 1.29 is 19.4 Å². The lowest BCUT2D eigenvalue weighted by atomic mass is 9.90. The van der Waals surface area contributed by atoms with E-state index in [1.54, 1.807) is 11.1 Å². The zero-order valence-electron chi connectivity index (χ0n) is 19.4. The summed E-state index contributed by atoms with van der Waals surface area (Å²) in [6.45, 7) is 7.55. The van der Waals surface area contributed by atoms with Crippen molar-refractivity contribution in [2.24, 2.45) is 0 Å². The maximum Gasteiger partial charge on any atom is 0.411 e. The molecule has 32 heavy (non-hydrogen) atoms. The second-order valence-corrected chi connectivity index (χ2v) is 9.23. The minimum absolute atomic E-state index is 0.112. The summed E-state index contributed by atoms with van der Waals surface area (Å²) in [5.41, 5.74) is 3.90.